The van der Waals surface area contributed by atoms with Crippen LogP contribution in [0, 0.1) is 18.4 Å². The standard InChI is InChI=1S/C15H16FN5O3/c1-2-15(6-22)9(23)5-10(24-15)21-7-17-11-12(18-8-3-4-8)19-14(16)20-13(11)21/h1,7-10,22-23H,3-6H2,(H,18,19,20)/t9-,10-,15+/m0/s1. The van der Waals surface area contributed by atoms with E-state index in [-0.39, 0.29) is 18.1 Å². The zero-order valence-corrected chi connectivity index (χ0v) is 12.7. The highest BCUT2D eigenvalue weighted by Crippen LogP contribution is 2.38. The number of anilines is 1. The van der Waals surface area contributed by atoms with Crippen molar-refractivity contribution in [3.63, 3.8) is 0 Å². The van der Waals surface area contributed by atoms with E-state index < -0.39 is 30.6 Å². The van der Waals surface area contributed by atoms with Gasteiger partial charge in [-0.15, -0.1) is 6.42 Å². The van der Waals surface area contributed by atoms with Gasteiger partial charge in [-0.1, -0.05) is 5.92 Å². The van der Waals surface area contributed by atoms with Crippen molar-refractivity contribution in [3.05, 3.63) is 12.4 Å². The number of aliphatic hydroxyl groups excluding tert-OH is 2. The van der Waals surface area contributed by atoms with Crippen molar-refractivity contribution >= 4 is 17.0 Å². The number of rotatable bonds is 4. The van der Waals surface area contributed by atoms with Crippen LogP contribution in [0.5, 0.6) is 0 Å². The van der Waals surface area contributed by atoms with Gasteiger partial charge in [0.25, 0.3) is 0 Å². The van der Waals surface area contributed by atoms with Gasteiger partial charge in [0.1, 0.15) is 12.3 Å². The zero-order chi connectivity index (χ0) is 16.9. The van der Waals surface area contributed by atoms with Gasteiger partial charge in [0, 0.05) is 12.5 Å². The molecule has 24 heavy (non-hydrogen) atoms. The maximum absolute atomic E-state index is 13.8. The number of halogens is 1. The van der Waals surface area contributed by atoms with Crippen molar-refractivity contribution in [2.75, 3.05) is 11.9 Å². The van der Waals surface area contributed by atoms with Gasteiger partial charge in [-0.05, 0) is 12.8 Å². The van der Waals surface area contributed by atoms with E-state index >= 15 is 0 Å². The first-order chi connectivity index (χ1) is 11.6. The normalized spacial score (nSPS) is 29.8. The molecule has 0 spiro atoms. The van der Waals surface area contributed by atoms with Gasteiger partial charge in [-0.25, -0.2) is 4.98 Å². The molecule has 3 atom stereocenters. The van der Waals surface area contributed by atoms with E-state index in [0.717, 1.165) is 12.8 Å². The van der Waals surface area contributed by atoms with Gasteiger partial charge < -0.3 is 20.3 Å². The quantitative estimate of drug-likeness (QED) is 0.541. The number of ether oxygens (including phenoxy) is 1. The summed E-state index contributed by atoms with van der Waals surface area (Å²) in [6.45, 7) is -0.522. The maximum Gasteiger partial charge on any atom is 0.312 e. The average molecular weight is 333 g/mol. The Hall–Kier alpha value is -2.28. The van der Waals surface area contributed by atoms with E-state index in [4.69, 9.17) is 11.2 Å². The molecule has 0 amide bonds. The Morgan fingerprint density at radius 3 is 2.92 bits per heavy atom. The minimum absolute atomic E-state index is 0.132. The number of imidazole rings is 1. The lowest BCUT2D eigenvalue weighted by atomic mass is 9.99. The first-order valence-electron chi connectivity index (χ1n) is 7.67. The van der Waals surface area contributed by atoms with Gasteiger partial charge in [0.2, 0.25) is 0 Å². The van der Waals surface area contributed by atoms with Crippen LogP contribution in [0.15, 0.2) is 6.33 Å². The second kappa shape index (κ2) is 5.37. The molecule has 0 bridgehead atoms. The molecule has 0 aromatic carbocycles. The molecule has 3 N–H and O–H groups in total. The van der Waals surface area contributed by atoms with Crippen LogP contribution in [-0.4, -0.2) is 54.1 Å². The van der Waals surface area contributed by atoms with Crippen LogP contribution < -0.4 is 5.32 Å². The Bertz CT molecular complexity index is 830. The van der Waals surface area contributed by atoms with E-state index in [1.165, 1.54) is 10.9 Å². The summed E-state index contributed by atoms with van der Waals surface area (Å²) in [6.07, 6.45) is 6.34. The van der Waals surface area contributed by atoms with Crippen LogP contribution in [0.3, 0.4) is 0 Å². The van der Waals surface area contributed by atoms with Crippen molar-refractivity contribution < 1.29 is 19.3 Å². The molecule has 126 valence electrons. The average Bonchev–Trinajstić information content (AvgIpc) is 3.17. The van der Waals surface area contributed by atoms with Crippen LogP contribution in [0.2, 0.25) is 0 Å². The summed E-state index contributed by atoms with van der Waals surface area (Å²) in [4.78, 5) is 11.8. The predicted molar refractivity (Wildman–Crippen MR) is 81.3 cm³/mol. The molecule has 2 aliphatic rings. The number of hydrogen-bond acceptors (Lipinski definition) is 7. The summed E-state index contributed by atoms with van der Waals surface area (Å²) in [6, 6.07) is 0.278. The molecular weight excluding hydrogens is 317 g/mol. The Balaban J connectivity index is 1.73. The minimum atomic E-state index is -1.48. The van der Waals surface area contributed by atoms with Crippen LogP contribution in [0.25, 0.3) is 11.2 Å². The molecule has 1 aliphatic carbocycles. The SMILES string of the molecule is C#C[C@]1(CO)O[C@H](n2cnc3c(NC4CC4)nc(F)nc32)C[C@@H]1O. The lowest BCUT2D eigenvalue weighted by Crippen LogP contribution is -2.41. The van der Waals surface area contributed by atoms with Gasteiger partial charge in [-0.3, -0.25) is 4.57 Å². The summed E-state index contributed by atoms with van der Waals surface area (Å²) in [7, 11) is 0. The first kappa shape index (κ1) is 15.3. The summed E-state index contributed by atoms with van der Waals surface area (Å²) >= 11 is 0. The Labute approximate surface area is 136 Å². The fraction of sp³-hybridized carbons (Fsp3) is 0.533. The second-order valence-corrected chi connectivity index (χ2v) is 6.10. The van der Waals surface area contributed by atoms with Crippen molar-refractivity contribution in [2.24, 2.45) is 0 Å². The molecular formula is C15H16FN5O3. The van der Waals surface area contributed by atoms with Crippen LogP contribution in [-0.2, 0) is 4.74 Å². The third-order valence-corrected chi connectivity index (χ3v) is 4.41. The van der Waals surface area contributed by atoms with Crippen molar-refractivity contribution in [1.29, 1.82) is 0 Å². The Morgan fingerprint density at radius 2 is 2.29 bits per heavy atom. The third-order valence-electron chi connectivity index (χ3n) is 4.41. The topological polar surface area (TPSA) is 105 Å². The second-order valence-electron chi connectivity index (χ2n) is 6.10. The van der Waals surface area contributed by atoms with Crippen LogP contribution in [0.4, 0.5) is 10.2 Å². The maximum atomic E-state index is 13.8. The van der Waals surface area contributed by atoms with Crippen molar-refractivity contribution in [1.82, 2.24) is 19.5 Å². The van der Waals surface area contributed by atoms with E-state index in [1.54, 1.807) is 0 Å². The molecule has 8 nitrogen and oxygen atoms in total. The molecule has 2 fully saturated rings. The minimum Gasteiger partial charge on any atom is -0.392 e. The summed E-state index contributed by atoms with van der Waals surface area (Å²) in [5, 5.41) is 22.7. The summed E-state index contributed by atoms with van der Waals surface area (Å²) in [5.41, 5.74) is -0.820. The highest BCUT2D eigenvalue weighted by Gasteiger charge is 2.47. The van der Waals surface area contributed by atoms with E-state index in [9.17, 15) is 14.6 Å². The Kier molecular flexibility index (Phi) is 3.42. The monoisotopic (exact) mass is 333 g/mol. The molecule has 1 aliphatic heterocycles. The van der Waals surface area contributed by atoms with Gasteiger partial charge in [-0.2, -0.15) is 14.4 Å². The largest absolute Gasteiger partial charge is 0.392 e. The number of hydrogen-bond donors (Lipinski definition) is 3. The van der Waals surface area contributed by atoms with Crippen LogP contribution in [0.1, 0.15) is 25.5 Å². The molecule has 1 saturated heterocycles. The molecule has 4 rings (SSSR count). The predicted octanol–water partition coefficient (Wildman–Crippen LogP) is 0.184. The van der Waals surface area contributed by atoms with E-state index in [1.807, 2.05) is 0 Å². The molecule has 9 heteroatoms. The molecule has 2 aromatic rings. The zero-order valence-electron chi connectivity index (χ0n) is 12.7. The number of aromatic nitrogens is 4. The Morgan fingerprint density at radius 1 is 1.50 bits per heavy atom. The fourth-order valence-electron chi connectivity index (χ4n) is 2.86. The molecule has 1 saturated carbocycles. The van der Waals surface area contributed by atoms with Crippen molar-refractivity contribution in [2.45, 2.75) is 43.2 Å². The van der Waals surface area contributed by atoms with E-state index in [2.05, 4.69) is 26.2 Å². The van der Waals surface area contributed by atoms with E-state index in [0.29, 0.717) is 11.3 Å². The number of nitrogens with zero attached hydrogens (tertiary/aromatic N) is 4. The lowest BCUT2D eigenvalue weighted by Gasteiger charge is -2.23. The third kappa shape index (κ3) is 2.31. The van der Waals surface area contributed by atoms with Gasteiger partial charge in [0.15, 0.2) is 22.6 Å². The summed E-state index contributed by atoms with van der Waals surface area (Å²) < 4.78 is 21.0. The number of aliphatic hydroxyl groups is 2. The number of terminal acetylenes is 1. The molecule has 0 radical (unpaired) electrons. The van der Waals surface area contributed by atoms with Crippen molar-refractivity contribution in [3.8, 4) is 12.3 Å². The number of nitrogens with one attached hydrogen (secondary N) is 1. The lowest BCUT2D eigenvalue weighted by molar-refractivity contribution is -0.0891. The first-order valence-corrected chi connectivity index (χ1v) is 7.67. The van der Waals surface area contributed by atoms with Crippen LogP contribution >= 0.6 is 0 Å². The highest BCUT2D eigenvalue weighted by molar-refractivity contribution is 5.83. The number of fused-ring (bicyclic) bond motifs is 1. The molecule has 0 unspecified atom stereocenters. The fourth-order valence-corrected chi connectivity index (χ4v) is 2.86. The molecule has 2 aromatic heterocycles. The highest BCUT2D eigenvalue weighted by atomic mass is 19.1. The van der Waals surface area contributed by atoms with Gasteiger partial charge in [0.05, 0.1) is 12.9 Å². The summed E-state index contributed by atoms with van der Waals surface area (Å²) in [5.74, 6) is 2.63. The molecule has 3 heterocycles. The smallest absolute Gasteiger partial charge is 0.312 e. The van der Waals surface area contributed by atoms with Gasteiger partial charge >= 0.3 is 6.08 Å².